The third-order valence-electron chi connectivity index (χ3n) is 1.25. The van der Waals surface area contributed by atoms with E-state index in [-0.39, 0.29) is 6.04 Å². The fourth-order valence-corrected chi connectivity index (χ4v) is 0.640. The van der Waals surface area contributed by atoms with Crippen molar-refractivity contribution in [3.05, 3.63) is 0 Å². The Morgan fingerprint density at radius 3 is 2.56 bits per heavy atom. The van der Waals surface area contributed by atoms with Gasteiger partial charge in [-0.2, -0.15) is 0 Å². The molecule has 0 aromatic rings. The van der Waals surface area contributed by atoms with Crippen LogP contribution in [0.15, 0.2) is 0 Å². The molecule has 1 heteroatoms. The molecule has 1 unspecified atom stereocenters. The van der Waals surface area contributed by atoms with Gasteiger partial charge in [-0.3, -0.25) is 0 Å². The SMILES string of the molecule is C#CC(CC)NCCC. The molecule has 0 heterocycles. The average Bonchev–Trinajstić information content (AvgIpc) is 1.91. The van der Waals surface area contributed by atoms with E-state index < -0.39 is 0 Å². The van der Waals surface area contributed by atoms with E-state index >= 15 is 0 Å². The third kappa shape index (κ3) is 4.05. The smallest absolute Gasteiger partial charge is 0.0684 e. The summed E-state index contributed by atoms with van der Waals surface area (Å²) in [4.78, 5) is 0. The summed E-state index contributed by atoms with van der Waals surface area (Å²) < 4.78 is 0. The predicted octanol–water partition coefficient (Wildman–Crippen LogP) is 1.40. The Morgan fingerprint density at radius 1 is 1.56 bits per heavy atom. The molecule has 0 aromatic carbocycles. The molecule has 0 aliphatic heterocycles. The molecular weight excluding hydrogens is 110 g/mol. The topological polar surface area (TPSA) is 12.0 Å². The Morgan fingerprint density at radius 2 is 2.22 bits per heavy atom. The van der Waals surface area contributed by atoms with Crippen molar-refractivity contribution >= 4 is 0 Å². The molecule has 0 spiro atoms. The summed E-state index contributed by atoms with van der Waals surface area (Å²) in [5.41, 5.74) is 0. The maximum atomic E-state index is 5.21. The van der Waals surface area contributed by atoms with Crippen molar-refractivity contribution in [3.63, 3.8) is 0 Å². The molecule has 0 aromatic heterocycles. The van der Waals surface area contributed by atoms with E-state index in [0.717, 1.165) is 19.4 Å². The highest BCUT2D eigenvalue weighted by atomic mass is 14.9. The molecule has 9 heavy (non-hydrogen) atoms. The van der Waals surface area contributed by atoms with Crippen LogP contribution < -0.4 is 5.32 Å². The molecule has 0 saturated carbocycles. The van der Waals surface area contributed by atoms with Gasteiger partial charge < -0.3 is 5.32 Å². The van der Waals surface area contributed by atoms with Crippen LogP contribution in [0.4, 0.5) is 0 Å². The highest BCUT2D eigenvalue weighted by molar-refractivity contribution is 4.97. The Bertz CT molecular complexity index is 91.2. The second kappa shape index (κ2) is 5.65. The van der Waals surface area contributed by atoms with E-state index in [2.05, 4.69) is 25.1 Å². The maximum Gasteiger partial charge on any atom is 0.0684 e. The Balaban J connectivity index is 3.23. The fourth-order valence-electron chi connectivity index (χ4n) is 0.640. The first-order valence-corrected chi connectivity index (χ1v) is 3.54. The lowest BCUT2D eigenvalue weighted by Gasteiger charge is -2.07. The number of terminal acetylenes is 1. The van der Waals surface area contributed by atoms with Gasteiger partial charge in [-0.1, -0.05) is 19.8 Å². The highest BCUT2D eigenvalue weighted by Gasteiger charge is 1.96. The van der Waals surface area contributed by atoms with Crippen molar-refractivity contribution in [1.29, 1.82) is 0 Å². The second-order valence-electron chi connectivity index (χ2n) is 2.08. The minimum atomic E-state index is 0.282. The lowest BCUT2D eigenvalue weighted by molar-refractivity contribution is 0.587. The lowest BCUT2D eigenvalue weighted by Crippen LogP contribution is -2.27. The van der Waals surface area contributed by atoms with Crippen molar-refractivity contribution < 1.29 is 0 Å². The van der Waals surface area contributed by atoms with Gasteiger partial charge >= 0.3 is 0 Å². The summed E-state index contributed by atoms with van der Waals surface area (Å²) in [5, 5.41) is 3.23. The quantitative estimate of drug-likeness (QED) is 0.560. The van der Waals surface area contributed by atoms with Gasteiger partial charge in [-0.05, 0) is 19.4 Å². The minimum Gasteiger partial charge on any atom is -0.304 e. The zero-order valence-corrected chi connectivity index (χ0v) is 6.28. The zero-order chi connectivity index (χ0) is 7.11. The molecular formula is C8H15N. The van der Waals surface area contributed by atoms with Crippen LogP contribution in [0, 0.1) is 12.3 Å². The van der Waals surface area contributed by atoms with E-state index in [1.807, 2.05) is 0 Å². The van der Waals surface area contributed by atoms with E-state index in [0.29, 0.717) is 0 Å². The largest absolute Gasteiger partial charge is 0.304 e. The molecule has 0 saturated heterocycles. The molecule has 0 bridgehead atoms. The number of hydrogen-bond acceptors (Lipinski definition) is 1. The van der Waals surface area contributed by atoms with E-state index in [1.165, 1.54) is 0 Å². The standard InChI is InChI=1S/C8H15N/c1-4-7-9-8(5-2)6-3/h2,8-9H,4,6-7H2,1,3H3. The second-order valence-corrected chi connectivity index (χ2v) is 2.08. The summed E-state index contributed by atoms with van der Waals surface area (Å²) in [5.74, 6) is 2.68. The summed E-state index contributed by atoms with van der Waals surface area (Å²) >= 11 is 0. The fraction of sp³-hybridized carbons (Fsp3) is 0.750. The molecule has 0 aliphatic carbocycles. The van der Waals surface area contributed by atoms with Gasteiger partial charge in [-0.15, -0.1) is 6.42 Å². The van der Waals surface area contributed by atoms with Crippen LogP contribution in [-0.2, 0) is 0 Å². The van der Waals surface area contributed by atoms with Gasteiger partial charge in [0, 0.05) is 0 Å². The first-order valence-electron chi connectivity index (χ1n) is 3.54. The molecule has 0 radical (unpaired) electrons. The third-order valence-corrected chi connectivity index (χ3v) is 1.25. The van der Waals surface area contributed by atoms with E-state index in [1.54, 1.807) is 0 Å². The van der Waals surface area contributed by atoms with Gasteiger partial charge in [-0.25, -0.2) is 0 Å². The number of rotatable bonds is 4. The molecule has 1 N–H and O–H groups in total. The van der Waals surface area contributed by atoms with Crippen LogP contribution in [0.1, 0.15) is 26.7 Å². The molecule has 0 amide bonds. The first kappa shape index (κ1) is 8.52. The van der Waals surface area contributed by atoms with E-state index in [9.17, 15) is 0 Å². The van der Waals surface area contributed by atoms with Gasteiger partial charge in [0.2, 0.25) is 0 Å². The van der Waals surface area contributed by atoms with Gasteiger partial charge in [0.25, 0.3) is 0 Å². The monoisotopic (exact) mass is 125 g/mol. The van der Waals surface area contributed by atoms with Gasteiger partial charge in [0.05, 0.1) is 6.04 Å². The summed E-state index contributed by atoms with van der Waals surface area (Å²) in [7, 11) is 0. The van der Waals surface area contributed by atoms with Crippen molar-refractivity contribution in [3.8, 4) is 12.3 Å². The Kier molecular flexibility index (Phi) is 5.35. The maximum absolute atomic E-state index is 5.21. The van der Waals surface area contributed by atoms with Crippen LogP contribution >= 0.6 is 0 Å². The summed E-state index contributed by atoms with van der Waals surface area (Å²) in [6.45, 7) is 5.26. The molecule has 0 aliphatic rings. The molecule has 0 rings (SSSR count). The average molecular weight is 125 g/mol. The normalized spacial score (nSPS) is 12.6. The Labute approximate surface area is 57.8 Å². The Hall–Kier alpha value is -0.480. The van der Waals surface area contributed by atoms with Crippen molar-refractivity contribution in [2.45, 2.75) is 32.7 Å². The highest BCUT2D eigenvalue weighted by Crippen LogP contribution is 1.86. The summed E-state index contributed by atoms with van der Waals surface area (Å²) in [6.07, 6.45) is 7.39. The molecule has 1 nitrogen and oxygen atoms in total. The van der Waals surface area contributed by atoms with Crippen LogP contribution in [-0.4, -0.2) is 12.6 Å². The molecule has 52 valence electrons. The van der Waals surface area contributed by atoms with Gasteiger partial charge in [0.15, 0.2) is 0 Å². The van der Waals surface area contributed by atoms with Crippen molar-refractivity contribution in [1.82, 2.24) is 5.32 Å². The first-order chi connectivity index (χ1) is 4.35. The minimum absolute atomic E-state index is 0.282. The van der Waals surface area contributed by atoms with Crippen molar-refractivity contribution in [2.75, 3.05) is 6.54 Å². The lowest BCUT2D eigenvalue weighted by atomic mass is 10.2. The van der Waals surface area contributed by atoms with Crippen LogP contribution in [0.2, 0.25) is 0 Å². The summed E-state index contributed by atoms with van der Waals surface area (Å²) in [6, 6.07) is 0.282. The van der Waals surface area contributed by atoms with Crippen LogP contribution in [0.5, 0.6) is 0 Å². The van der Waals surface area contributed by atoms with Crippen LogP contribution in [0.25, 0.3) is 0 Å². The van der Waals surface area contributed by atoms with E-state index in [4.69, 9.17) is 6.42 Å². The van der Waals surface area contributed by atoms with Crippen molar-refractivity contribution in [2.24, 2.45) is 0 Å². The van der Waals surface area contributed by atoms with Gasteiger partial charge in [0.1, 0.15) is 0 Å². The molecule has 1 atom stereocenters. The number of nitrogens with one attached hydrogen (secondary N) is 1. The predicted molar refractivity (Wildman–Crippen MR) is 41.2 cm³/mol. The number of hydrogen-bond donors (Lipinski definition) is 1. The zero-order valence-electron chi connectivity index (χ0n) is 6.28. The molecule has 0 fully saturated rings. The van der Waals surface area contributed by atoms with Crippen LogP contribution in [0.3, 0.4) is 0 Å².